The maximum Gasteiger partial charge on any atom is 0.253 e. The molecule has 1 saturated heterocycles. The summed E-state index contributed by atoms with van der Waals surface area (Å²) in [6.45, 7) is 4.62. The number of carbonyl (C=O) groups excluding carboxylic acids is 1. The van der Waals surface area contributed by atoms with E-state index in [1.54, 1.807) is 0 Å². The minimum absolute atomic E-state index is 0.0950. The lowest BCUT2D eigenvalue weighted by molar-refractivity contribution is 0.0683. The fourth-order valence-corrected chi connectivity index (χ4v) is 4.62. The van der Waals surface area contributed by atoms with Crippen LogP contribution in [0.25, 0.3) is 22.1 Å². The Kier molecular flexibility index (Phi) is 4.31. The maximum atomic E-state index is 12.9. The first-order valence-corrected chi connectivity index (χ1v) is 10.4. The number of hydrogen-bond acceptors (Lipinski definition) is 5. The van der Waals surface area contributed by atoms with E-state index in [4.69, 9.17) is 0 Å². The number of para-hydroxylation sites is 2. The molecule has 5 rings (SSSR count). The molecule has 0 radical (unpaired) electrons. The van der Waals surface area contributed by atoms with Gasteiger partial charge in [-0.3, -0.25) is 4.79 Å². The molecule has 1 fully saturated rings. The molecule has 0 saturated carbocycles. The molecule has 28 heavy (non-hydrogen) atoms. The standard InChI is InChI=1S/C21H21N5OS/c1-14-22-18-4-2-3-5-20(18)26(14)13-15-8-10-25(11-9-15)21(27)16-6-7-17-19(12-16)24-28-23-17/h2-7,12,15H,8-11,13H2,1H3. The summed E-state index contributed by atoms with van der Waals surface area (Å²) in [5, 5.41) is 0. The van der Waals surface area contributed by atoms with Crippen LogP contribution in [0.2, 0.25) is 0 Å². The summed E-state index contributed by atoms with van der Waals surface area (Å²) in [4.78, 5) is 19.5. The number of aryl methyl sites for hydroxylation is 1. The average Bonchev–Trinajstić information content (AvgIpc) is 3.32. The number of aromatic nitrogens is 4. The fraction of sp³-hybridized carbons (Fsp3) is 0.333. The second-order valence-electron chi connectivity index (χ2n) is 7.46. The first-order chi connectivity index (χ1) is 13.7. The first kappa shape index (κ1) is 17.3. The SMILES string of the molecule is Cc1nc2ccccc2n1CC1CCN(C(=O)c2ccc3nsnc3c2)CC1. The van der Waals surface area contributed by atoms with E-state index in [2.05, 4.69) is 43.4 Å². The Morgan fingerprint density at radius 3 is 2.71 bits per heavy atom. The van der Waals surface area contributed by atoms with Crippen LogP contribution in [0.3, 0.4) is 0 Å². The number of likely N-dealkylation sites (tertiary alicyclic amines) is 1. The largest absolute Gasteiger partial charge is 0.339 e. The molecular weight excluding hydrogens is 370 g/mol. The van der Waals surface area contributed by atoms with Crippen molar-refractivity contribution in [2.75, 3.05) is 13.1 Å². The third-order valence-electron chi connectivity index (χ3n) is 5.69. The van der Waals surface area contributed by atoms with Crippen molar-refractivity contribution in [2.45, 2.75) is 26.3 Å². The third-order valence-corrected chi connectivity index (χ3v) is 6.25. The van der Waals surface area contributed by atoms with Crippen LogP contribution in [0, 0.1) is 12.8 Å². The van der Waals surface area contributed by atoms with Crippen LogP contribution in [0.1, 0.15) is 29.0 Å². The number of rotatable bonds is 3. The lowest BCUT2D eigenvalue weighted by Gasteiger charge is -2.32. The Bertz CT molecular complexity index is 1160. The Hall–Kier alpha value is -2.80. The van der Waals surface area contributed by atoms with E-state index in [1.807, 2.05) is 29.2 Å². The van der Waals surface area contributed by atoms with Gasteiger partial charge in [-0.25, -0.2) is 4.98 Å². The summed E-state index contributed by atoms with van der Waals surface area (Å²) in [5.41, 5.74) is 4.61. The van der Waals surface area contributed by atoms with E-state index in [1.165, 1.54) is 17.2 Å². The highest BCUT2D eigenvalue weighted by atomic mass is 32.1. The number of nitrogens with zero attached hydrogens (tertiary/aromatic N) is 5. The van der Waals surface area contributed by atoms with E-state index >= 15 is 0 Å². The molecule has 1 aliphatic heterocycles. The van der Waals surface area contributed by atoms with Crippen molar-refractivity contribution >= 4 is 39.7 Å². The molecule has 1 aliphatic rings. The molecule has 2 aromatic heterocycles. The number of hydrogen-bond donors (Lipinski definition) is 0. The summed E-state index contributed by atoms with van der Waals surface area (Å²) < 4.78 is 10.8. The Labute approximate surface area is 167 Å². The highest BCUT2D eigenvalue weighted by molar-refractivity contribution is 7.00. The van der Waals surface area contributed by atoms with Gasteiger partial charge in [0.05, 0.1) is 22.8 Å². The Morgan fingerprint density at radius 2 is 1.86 bits per heavy atom. The zero-order chi connectivity index (χ0) is 19.1. The number of carbonyl (C=O) groups is 1. The van der Waals surface area contributed by atoms with Crippen molar-refractivity contribution in [1.82, 2.24) is 23.2 Å². The summed E-state index contributed by atoms with van der Waals surface area (Å²) in [6.07, 6.45) is 2.02. The normalized spacial score (nSPS) is 15.5. The zero-order valence-electron chi connectivity index (χ0n) is 15.7. The summed E-state index contributed by atoms with van der Waals surface area (Å²) >= 11 is 1.18. The molecule has 3 heterocycles. The predicted octanol–water partition coefficient (Wildman–Crippen LogP) is 3.90. The van der Waals surface area contributed by atoms with Crippen LogP contribution >= 0.6 is 11.7 Å². The lowest BCUT2D eigenvalue weighted by atomic mass is 9.96. The predicted molar refractivity (Wildman–Crippen MR) is 111 cm³/mol. The van der Waals surface area contributed by atoms with Gasteiger partial charge in [-0.1, -0.05) is 12.1 Å². The Balaban J connectivity index is 1.27. The van der Waals surface area contributed by atoms with Gasteiger partial charge >= 0.3 is 0 Å². The molecule has 0 unspecified atom stereocenters. The maximum absolute atomic E-state index is 12.9. The lowest BCUT2D eigenvalue weighted by Crippen LogP contribution is -2.39. The van der Waals surface area contributed by atoms with E-state index in [-0.39, 0.29) is 5.91 Å². The summed E-state index contributed by atoms with van der Waals surface area (Å²) in [7, 11) is 0. The van der Waals surface area contributed by atoms with Crippen LogP contribution in [0.5, 0.6) is 0 Å². The van der Waals surface area contributed by atoms with Crippen LogP contribution in [-0.2, 0) is 6.54 Å². The topological polar surface area (TPSA) is 63.9 Å². The average molecular weight is 392 g/mol. The third kappa shape index (κ3) is 3.05. The molecule has 2 aromatic carbocycles. The van der Waals surface area contributed by atoms with Gasteiger partial charge in [0.2, 0.25) is 0 Å². The highest BCUT2D eigenvalue weighted by Crippen LogP contribution is 2.25. The molecule has 4 aromatic rings. The van der Waals surface area contributed by atoms with Gasteiger partial charge < -0.3 is 9.47 Å². The van der Waals surface area contributed by atoms with E-state index in [9.17, 15) is 4.79 Å². The smallest absolute Gasteiger partial charge is 0.253 e. The van der Waals surface area contributed by atoms with Crippen LogP contribution in [-0.4, -0.2) is 42.2 Å². The van der Waals surface area contributed by atoms with Crippen molar-refractivity contribution in [3.05, 3.63) is 53.9 Å². The Morgan fingerprint density at radius 1 is 1.07 bits per heavy atom. The number of benzene rings is 2. The minimum atomic E-state index is 0.0950. The van der Waals surface area contributed by atoms with Gasteiger partial charge in [0, 0.05) is 25.2 Å². The van der Waals surface area contributed by atoms with Gasteiger partial charge in [0.1, 0.15) is 16.9 Å². The van der Waals surface area contributed by atoms with Crippen molar-refractivity contribution in [3.8, 4) is 0 Å². The van der Waals surface area contributed by atoms with Crippen LogP contribution in [0.4, 0.5) is 0 Å². The molecule has 6 nitrogen and oxygen atoms in total. The van der Waals surface area contributed by atoms with E-state index in [0.717, 1.165) is 54.9 Å². The minimum Gasteiger partial charge on any atom is -0.339 e. The van der Waals surface area contributed by atoms with Crippen molar-refractivity contribution < 1.29 is 4.79 Å². The number of amides is 1. The zero-order valence-corrected chi connectivity index (χ0v) is 16.5. The van der Waals surface area contributed by atoms with Crippen molar-refractivity contribution in [3.63, 3.8) is 0 Å². The highest BCUT2D eigenvalue weighted by Gasteiger charge is 2.25. The molecule has 142 valence electrons. The second kappa shape index (κ2) is 6.98. The van der Waals surface area contributed by atoms with Crippen molar-refractivity contribution in [2.24, 2.45) is 5.92 Å². The molecule has 0 aliphatic carbocycles. The van der Waals surface area contributed by atoms with E-state index in [0.29, 0.717) is 11.5 Å². The number of fused-ring (bicyclic) bond motifs is 2. The molecule has 0 bridgehead atoms. The quantitative estimate of drug-likeness (QED) is 0.531. The van der Waals surface area contributed by atoms with Gasteiger partial charge in [0.15, 0.2) is 0 Å². The molecule has 0 spiro atoms. The first-order valence-electron chi connectivity index (χ1n) is 9.62. The number of piperidine rings is 1. The van der Waals surface area contributed by atoms with Crippen LogP contribution in [0.15, 0.2) is 42.5 Å². The molecule has 0 atom stereocenters. The van der Waals surface area contributed by atoms with Gasteiger partial charge in [-0.2, -0.15) is 8.75 Å². The molecule has 1 amide bonds. The van der Waals surface area contributed by atoms with Gasteiger partial charge in [-0.15, -0.1) is 0 Å². The molecule has 7 heteroatoms. The monoisotopic (exact) mass is 391 g/mol. The molecular formula is C21H21N5OS. The summed E-state index contributed by atoms with van der Waals surface area (Å²) in [5.74, 6) is 1.72. The molecule has 0 N–H and O–H groups in total. The van der Waals surface area contributed by atoms with Gasteiger partial charge in [-0.05, 0) is 56.0 Å². The van der Waals surface area contributed by atoms with Gasteiger partial charge in [0.25, 0.3) is 5.91 Å². The summed E-state index contributed by atoms with van der Waals surface area (Å²) in [6, 6.07) is 13.9. The second-order valence-corrected chi connectivity index (χ2v) is 7.99. The van der Waals surface area contributed by atoms with Crippen LogP contribution < -0.4 is 0 Å². The fourth-order valence-electron chi connectivity index (χ4n) is 4.10. The van der Waals surface area contributed by atoms with E-state index < -0.39 is 0 Å². The van der Waals surface area contributed by atoms with Crippen molar-refractivity contribution in [1.29, 1.82) is 0 Å². The number of imidazole rings is 1.